The van der Waals surface area contributed by atoms with Gasteiger partial charge < -0.3 is 10.6 Å². The molecule has 0 heterocycles. The van der Waals surface area contributed by atoms with E-state index in [0.717, 1.165) is 19.5 Å². The molecule has 14 heavy (non-hydrogen) atoms. The van der Waals surface area contributed by atoms with E-state index in [4.69, 9.17) is 5.73 Å². The normalized spacial score (nSPS) is 17.2. The van der Waals surface area contributed by atoms with Crippen molar-refractivity contribution in [1.82, 2.24) is 4.90 Å². The Bertz CT molecular complexity index is 175. The number of nitrogens with zero attached hydrogens (tertiary/aromatic N) is 1. The first-order chi connectivity index (χ1) is 6.83. The minimum atomic E-state index is 0.813. The van der Waals surface area contributed by atoms with Gasteiger partial charge >= 0.3 is 0 Å². The van der Waals surface area contributed by atoms with Gasteiger partial charge in [-0.25, -0.2) is 0 Å². The Balaban J connectivity index is 2.09. The van der Waals surface area contributed by atoms with Crippen LogP contribution in [0.3, 0.4) is 0 Å². The number of nitrogens with two attached hydrogens (primary N) is 1. The Morgan fingerprint density at radius 1 is 1.36 bits per heavy atom. The molecular weight excluding hydrogens is 172 g/mol. The van der Waals surface area contributed by atoms with Gasteiger partial charge in [0.25, 0.3) is 0 Å². The second-order valence-electron chi connectivity index (χ2n) is 4.30. The third-order valence-corrected chi connectivity index (χ3v) is 2.94. The average molecular weight is 196 g/mol. The predicted octanol–water partition coefficient (Wildman–Crippen LogP) is 2.16. The highest BCUT2D eigenvalue weighted by molar-refractivity contribution is 5.05. The predicted molar refractivity (Wildman–Crippen MR) is 62.3 cm³/mol. The first-order valence-electron chi connectivity index (χ1n) is 5.89. The van der Waals surface area contributed by atoms with Crippen molar-refractivity contribution in [2.45, 2.75) is 38.5 Å². The molecule has 0 fully saturated rings. The van der Waals surface area contributed by atoms with Crippen molar-refractivity contribution in [2.24, 2.45) is 5.73 Å². The Labute approximate surface area is 88.2 Å². The first-order valence-corrected chi connectivity index (χ1v) is 5.89. The average Bonchev–Trinajstić information content (AvgIpc) is 2.25. The highest BCUT2D eigenvalue weighted by atomic mass is 15.1. The van der Waals surface area contributed by atoms with Gasteiger partial charge in [-0.05, 0) is 58.7 Å². The highest BCUT2D eigenvalue weighted by Crippen LogP contribution is 2.19. The largest absolute Gasteiger partial charge is 0.330 e. The second-order valence-corrected chi connectivity index (χ2v) is 4.30. The number of hydrogen-bond acceptors (Lipinski definition) is 2. The SMILES string of the molecule is CN(CCCN)CCC1=CCCCC1. The summed E-state index contributed by atoms with van der Waals surface area (Å²) in [6, 6.07) is 0. The third-order valence-electron chi connectivity index (χ3n) is 2.94. The van der Waals surface area contributed by atoms with Gasteiger partial charge in [0.2, 0.25) is 0 Å². The standard InChI is InChI=1S/C12H24N2/c1-14(10-5-9-13)11-8-12-6-3-2-4-7-12/h6H,2-5,7-11,13H2,1H3. The van der Waals surface area contributed by atoms with Gasteiger partial charge in [0, 0.05) is 6.54 Å². The van der Waals surface area contributed by atoms with Crippen LogP contribution >= 0.6 is 0 Å². The minimum absolute atomic E-state index is 0.813. The van der Waals surface area contributed by atoms with Crippen LogP contribution in [0.1, 0.15) is 38.5 Å². The molecule has 0 bridgehead atoms. The molecule has 2 nitrogen and oxygen atoms in total. The fourth-order valence-electron chi connectivity index (χ4n) is 1.94. The molecule has 0 unspecified atom stereocenters. The summed E-state index contributed by atoms with van der Waals surface area (Å²) in [4.78, 5) is 2.39. The van der Waals surface area contributed by atoms with Gasteiger partial charge in [-0.1, -0.05) is 11.6 Å². The second kappa shape index (κ2) is 7.02. The van der Waals surface area contributed by atoms with E-state index in [9.17, 15) is 0 Å². The van der Waals surface area contributed by atoms with Crippen LogP contribution in [-0.2, 0) is 0 Å². The summed E-state index contributed by atoms with van der Waals surface area (Å²) in [5.74, 6) is 0. The van der Waals surface area contributed by atoms with Crippen molar-refractivity contribution in [3.8, 4) is 0 Å². The molecule has 2 heteroatoms. The Morgan fingerprint density at radius 3 is 2.86 bits per heavy atom. The fourth-order valence-corrected chi connectivity index (χ4v) is 1.94. The molecule has 1 rings (SSSR count). The van der Waals surface area contributed by atoms with E-state index in [1.54, 1.807) is 5.57 Å². The molecule has 2 N–H and O–H groups in total. The monoisotopic (exact) mass is 196 g/mol. The molecule has 1 aliphatic rings. The van der Waals surface area contributed by atoms with Crippen LogP contribution in [0.2, 0.25) is 0 Å². The lowest BCUT2D eigenvalue weighted by Crippen LogP contribution is -2.23. The van der Waals surface area contributed by atoms with Gasteiger partial charge in [0.05, 0.1) is 0 Å². The number of rotatable bonds is 6. The highest BCUT2D eigenvalue weighted by Gasteiger charge is 2.04. The van der Waals surface area contributed by atoms with Crippen LogP contribution in [-0.4, -0.2) is 31.6 Å². The van der Waals surface area contributed by atoms with Gasteiger partial charge in [-0.2, -0.15) is 0 Å². The van der Waals surface area contributed by atoms with E-state index in [2.05, 4.69) is 18.0 Å². The lowest BCUT2D eigenvalue weighted by molar-refractivity contribution is 0.333. The van der Waals surface area contributed by atoms with Crippen LogP contribution in [0.5, 0.6) is 0 Å². The summed E-state index contributed by atoms with van der Waals surface area (Å²) in [6.07, 6.45) is 10.3. The van der Waals surface area contributed by atoms with Gasteiger partial charge in [-0.3, -0.25) is 0 Å². The lowest BCUT2D eigenvalue weighted by atomic mass is 9.97. The lowest BCUT2D eigenvalue weighted by Gasteiger charge is -2.18. The summed E-state index contributed by atoms with van der Waals surface area (Å²) in [6.45, 7) is 3.16. The molecule has 0 spiro atoms. The Hall–Kier alpha value is -0.340. The maximum atomic E-state index is 5.48. The van der Waals surface area contributed by atoms with Crippen molar-refractivity contribution in [2.75, 3.05) is 26.7 Å². The third kappa shape index (κ3) is 4.77. The zero-order valence-corrected chi connectivity index (χ0v) is 9.47. The topological polar surface area (TPSA) is 29.3 Å². The molecule has 1 aliphatic carbocycles. The smallest absolute Gasteiger partial charge is 0.00155 e. The van der Waals surface area contributed by atoms with Crippen molar-refractivity contribution >= 4 is 0 Å². The summed E-state index contributed by atoms with van der Waals surface area (Å²) in [5, 5.41) is 0. The van der Waals surface area contributed by atoms with Gasteiger partial charge in [0.1, 0.15) is 0 Å². The van der Waals surface area contributed by atoms with Gasteiger partial charge in [0.15, 0.2) is 0 Å². The van der Waals surface area contributed by atoms with E-state index in [0.29, 0.717) is 0 Å². The molecule has 0 saturated carbocycles. The van der Waals surface area contributed by atoms with Crippen molar-refractivity contribution in [1.29, 1.82) is 0 Å². The zero-order valence-electron chi connectivity index (χ0n) is 9.47. The van der Waals surface area contributed by atoms with Crippen LogP contribution in [0.15, 0.2) is 11.6 Å². The number of hydrogen-bond donors (Lipinski definition) is 1. The molecule has 0 radical (unpaired) electrons. The first kappa shape index (κ1) is 11.7. The summed E-state index contributed by atoms with van der Waals surface area (Å²) in [7, 11) is 2.19. The maximum Gasteiger partial charge on any atom is 0.00155 e. The zero-order chi connectivity index (χ0) is 10.2. The van der Waals surface area contributed by atoms with Crippen LogP contribution in [0.25, 0.3) is 0 Å². The molecule has 0 aliphatic heterocycles. The van der Waals surface area contributed by atoms with Crippen LogP contribution in [0.4, 0.5) is 0 Å². The van der Waals surface area contributed by atoms with E-state index >= 15 is 0 Å². The molecule has 0 aromatic carbocycles. The maximum absolute atomic E-state index is 5.48. The fraction of sp³-hybridized carbons (Fsp3) is 0.833. The van der Waals surface area contributed by atoms with E-state index in [-0.39, 0.29) is 0 Å². The number of allylic oxidation sites excluding steroid dienone is 1. The van der Waals surface area contributed by atoms with Gasteiger partial charge in [-0.15, -0.1) is 0 Å². The Morgan fingerprint density at radius 2 is 2.21 bits per heavy atom. The summed E-state index contributed by atoms with van der Waals surface area (Å²) < 4.78 is 0. The summed E-state index contributed by atoms with van der Waals surface area (Å²) in [5.41, 5.74) is 7.15. The quantitative estimate of drug-likeness (QED) is 0.660. The van der Waals surface area contributed by atoms with E-state index < -0.39 is 0 Å². The van der Waals surface area contributed by atoms with E-state index in [1.807, 2.05) is 0 Å². The van der Waals surface area contributed by atoms with Crippen LogP contribution in [0, 0.1) is 0 Å². The van der Waals surface area contributed by atoms with Crippen LogP contribution < -0.4 is 5.73 Å². The molecule has 0 aromatic heterocycles. The molecule has 0 amide bonds. The van der Waals surface area contributed by atoms with Crippen molar-refractivity contribution in [3.63, 3.8) is 0 Å². The van der Waals surface area contributed by atoms with Crippen molar-refractivity contribution < 1.29 is 0 Å². The molecule has 0 saturated heterocycles. The van der Waals surface area contributed by atoms with Crippen molar-refractivity contribution in [3.05, 3.63) is 11.6 Å². The van der Waals surface area contributed by atoms with E-state index in [1.165, 1.54) is 38.6 Å². The minimum Gasteiger partial charge on any atom is -0.330 e. The molecule has 0 atom stereocenters. The molecule has 0 aromatic rings. The summed E-state index contributed by atoms with van der Waals surface area (Å²) >= 11 is 0. The Kier molecular flexibility index (Phi) is 5.88. The molecular formula is C12H24N2. The molecule has 82 valence electrons.